The Balaban J connectivity index is 1.50. The maximum Gasteiger partial charge on any atom is 0.375 e. The van der Waals surface area contributed by atoms with Crippen molar-refractivity contribution >= 4 is 12.8 Å². The Morgan fingerprint density at radius 2 is 1.03 bits per heavy atom. The van der Waals surface area contributed by atoms with Gasteiger partial charge in [-0.15, -0.1) is 0 Å². The molecule has 1 radical (unpaired) electrons. The van der Waals surface area contributed by atoms with E-state index in [9.17, 15) is 0 Å². The van der Waals surface area contributed by atoms with Crippen molar-refractivity contribution in [2.24, 2.45) is 0 Å². The molecule has 5 aromatic rings. The molecule has 37 heavy (non-hydrogen) atoms. The first kappa shape index (κ1) is 22.8. The molecule has 6 rings (SSSR count). The number of benzene rings is 3. The van der Waals surface area contributed by atoms with Crippen LogP contribution in [0.2, 0.25) is 0 Å². The summed E-state index contributed by atoms with van der Waals surface area (Å²) in [6.07, 6.45) is 2.14. The van der Waals surface area contributed by atoms with Gasteiger partial charge in [-0.1, -0.05) is 78.9 Å². The highest BCUT2D eigenvalue weighted by Gasteiger charge is 2.35. The van der Waals surface area contributed by atoms with E-state index in [1.165, 1.54) is 0 Å². The van der Waals surface area contributed by atoms with Gasteiger partial charge in [0.05, 0.1) is 17.0 Å². The quantitative estimate of drug-likeness (QED) is 0.316. The van der Waals surface area contributed by atoms with E-state index in [4.69, 9.17) is 15.3 Å². The molecule has 0 spiro atoms. The van der Waals surface area contributed by atoms with E-state index in [1.807, 2.05) is 54.6 Å². The number of allylic oxidation sites excluding steroid dienone is 2. The Morgan fingerprint density at radius 1 is 0.595 bits per heavy atom. The summed E-state index contributed by atoms with van der Waals surface area (Å²) in [6, 6.07) is 35.2. The molecule has 0 amide bonds. The normalized spacial score (nSPS) is 13.2. The fourth-order valence-electron chi connectivity index (χ4n) is 5.02. The average Bonchev–Trinajstić information content (AvgIpc) is 3.64. The number of aromatic nitrogens is 4. The summed E-state index contributed by atoms with van der Waals surface area (Å²) in [6.45, 7) is 6.31. The lowest BCUT2D eigenvalue weighted by Gasteiger charge is -2.30. The Bertz CT molecular complexity index is 1520. The molecule has 0 fully saturated rings. The van der Waals surface area contributed by atoms with Gasteiger partial charge in [0, 0.05) is 22.9 Å². The van der Waals surface area contributed by atoms with Gasteiger partial charge >= 0.3 is 12.8 Å². The third kappa shape index (κ3) is 4.29. The molecule has 0 aliphatic carbocycles. The molecular weight excluding hydrogens is 455 g/mol. The van der Waals surface area contributed by atoms with Crippen molar-refractivity contribution in [1.29, 1.82) is 0 Å². The Labute approximate surface area is 217 Å². The van der Waals surface area contributed by atoms with Crippen LogP contribution in [0.3, 0.4) is 0 Å². The van der Waals surface area contributed by atoms with Gasteiger partial charge in [0.15, 0.2) is 0 Å². The van der Waals surface area contributed by atoms with Gasteiger partial charge in [-0.05, 0) is 56.4 Å². The number of aryl methyl sites for hydroxylation is 2. The Morgan fingerprint density at radius 3 is 1.49 bits per heavy atom. The van der Waals surface area contributed by atoms with Crippen LogP contribution in [0.5, 0.6) is 0 Å². The third-order valence-electron chi connectivity index (χ3n) is 6.96. The van der Waals surface area contributed by atoms with Crippen molar-refractivity contribution in [3.05, 3.63) is 132 Å². The predicted octanol–water partition coefficient (Wildman–Crippen LogP) is 5.10. The van der Waals surface area contributed by atoms with E-state index in [0.29, 0.717) is 0 Å². The van der Waals surface area contributed by atoms with Gasteiger partial charge in [-0.2, -0.15) is 0 Å². The van der Waals surface area contributed by atoms with Gasteiger partial charge in [0.2, 0.25) is 0 Å². The Kier molecular flexibility index (Phi) is 5.81. The summed E-state index contributed by atoms with van der Waals surface area (Å²) in [4.78, 5) is 2.10. The maximum atomic E-state index is 5.11. The standard InChI is InChI=1S/C30H28BN6/c1-22-19-28(25-13-7-4-8-14-25)32-35(22)31(36-23(2)20-29(33-36)26-15-9-5-10-16-26)37-24(3)21-30(34-37)27-17-11-6-12-18-27/h4-21,31H,1-3H3. The molecule has 1 aliphatic heterocycles. The van der Waals surface area contributed by atoms with Crippen molar-refractivity contribution in [3.8, 4) is 22.5 Å². The van der Waals surface area contributed by atoms with Gasteiger partial charge in [-0.3, -0.25) is 0 Å². The first-order valence-electron chi connectivity index (χ1n) is 12.6. The molecule has 7 heteroatoms. The lowest BCUT2D eigenvalue weighted by atomic mass is 9.91. The van der Waals surface area contributed by atoms with E-state index in [-0.39, 0.29) is 0 Å². The number of hydrogen-bond acceptors (Lipinski definition) is 4. The molecule has 0 unspecified atom stereocenters. The zero-order chi connectivity index (χ0) is 25.4. The topological polar surface area (TPSA) is 53.0 Å². The SMILES string of the molecule is CC1=CC(c2ccccc2)=[N+]N1[BH-](n1nc(-c2ccccc2)cc1C)n1nc(-c2ccccc2)cc1C. The van der Waals surface area contributed by atoms with Gasteiger partial charge in [0.25, 0.3) is 0 Å². The molecule has 0 atom stereocenters. The molecule has 0 N–H and O–H groups in total. The van der Waals surface area contributed by atoms with Crippen LogP contribution in [0.1, 0.15) is 23.9 Å². The lowest BCUT2D eigenvalue weighted by Crippen LogP contribution is -2.52. The molecule has 0 saturated heterocycles. The maximum absolute atomic E-state index is 5.11. The molecule has 3 aromatic carbocycles. The molecule has 3 heterocycles. The van der Waals surface area contributed by atoms with Crippen molar-refractivity contribution in [3.63, 3.8) is 0 Å². The first-order valence-corrected chi connectivity index (χ1v) is 12.6. The van der Waals surface area contributed by atoms with Gasteiger partial charge < -0.3 is 9.19 Å². The summed E-state index contributed by atoms with van der Waals surface area (Å²) in [7, 11) is -1.55. The van der Waals surface area contributed by atoms with Crippen LogP contribution in [-0.4, -0.2) is 37.1 Å². The summed E-state index contributed by atoms with van der Waals surface area (Å²) in [5.74, 6) is 0. The summed E-state index contributed by atoms with van der Waals surface area (Å²) in [5, 5.41) is 15.3. The molecule has 2 aromatic heterocycles. The highest BCUT2D eigenvalue weighted by molar-refractivity contribution is 6.53. The van der Waals surface area contributed by atoms with Crippen LogP contribution in [0.25, 0.3) is 22.5 Å². The molecule has 0 saturated carbocycles. The summed E-state index contributed by atoms with van der Waals surface area (Å²) < 4.78 is 4.21. The van der Waals surface area contributed by atoms with E-state index in [1.54, 1.807) is 0 Å². The highest BCUT2D eigenvalue weighted by atomic mass is 15.6. The van der Waals surface area contributed by atoms with Gasteiger partial charge in [0.1, 0.15) is 5.10 Å². The van der Waals surface area contributed by atoms with Crippen molar-refractivity contribution in [2.45, 2.75) is 20.8 Å². The average molecular weight is 483 g/mol. The van der Waals surface area contributed by atoms with E-state index in [0.717, 1.165) is 50.9 Å². The minimum atomic E-state index is -1.55. The van der Waals surface area contributed by atoms with Crippen LogP contribution < -0.4 is 5.10 Å². The fourth-order valence-corrected chi connectivity index (χ4v) is 5.02. The van der Waals surface area contributed by atoms with Crippen LogP contribution in [0.4, 0.5) is 0 Å². The van der Waals surface area contributed by atoms with Crippen LogP contribution in [0, 0.1) is 13.8 Å². The monoisotopic (exact) mass is 483 g/mol. The van der Waals surface area contributed by atoms with Crippen molar-refractivity contribution < 1.29 is 0 Å². The number of hydrazone groups is 1. The van der Waals surface area contributed by atoms with Crippen molar-refractivity contribution in [2.75, 3.05) is 0 Å². The Hall–Kier alpha value is -4.65. The second-order valence-corrected chi connectivity index (χ2v) is 9.53. The zero-order valence-electron chi connectivity index (χ0n) is 21.3. The molecule has 1 aliphatic rings. The van der Waals surface area contributed by atoms with Gasteiger partial charge in [-0.25, -0.2) is 15.1 Å². The lowest BCUT2D eigenvalue weighted by molar-refractivity contribution is 0.480. The highest BCUT2D eigenvalue weighted by Crippen LogP contribution is 2.24. The molecular formula is C30H28BN6. The minimum absolute atomic E-state index is 0.941. The smallest absolute Gasteiger partial charge is 0.375 e. The largest absolute Gasteiger partial charge is 0.397 e. The number of hydrogen-bond donors (Lipinski definition) is 0. The van der Waals surface area contributed by atoms with Crippen LogP contribution >= 0.6 is 0 Å². The fraction of sp³-hybridized carbons (Fsp3) is 0.100. The molecule has 6 nitrogen and oxygen atoms in total. The predicted molar refractivity (Wildman–Crippen MR) is 151 cm³/mol. The molecule has 181 valence electrons. The first-order chi connectivity index (χ1) is 18.1. The van der Waals surface area contributed by atoms with Crippen molar-refractivity contribution in [1.82, 2.24) is 29.4 Å². The second-order valence-electron chi connectivity index (χ2n) is 9.53. The van der Waals surface area contributed by atoms with Crippen LogP contribution in [0.15, 0.2) is 115 Å². The van der Waals surface area contributed by atoms with E-state index in [2.05, 4.69) is 89.5 Å². The number of rotatable bonds is 6. The van der Waals surface area contributed by atoms with E-state index < -0.39 is 7.12 Å². The minimum Gasteiger partial charge on any atom is -0.397 e. The molecule has 0 bridgehead atoms. The zero-order valence-corrected chi connectivity index (χ0v) is 21.3. The van der Waals surface area contributed by atoms with Crippen LogP contribution in [-0.2, 0) is 0 Å². The second kappa shape index (κ2) is 9.43. The summed E-state index contributed by atoms with van der Waals surface area (Å²) in [5.41, 5.74) is 9.28. The number of nitrogens with zero attached hydrogens (tertiary/aromatic N) is 6. The third-order valence-corrected chi connectivity index (χ3v) is 6.96. The summed E-state index contributed by atoms with van der Waals surface area (Å²) >= 11 is 0. The van der Waals surface area contributed by atoms with E-state index >= 15 is 0 Å².